The maximum absolute atomic E-state index is 11.8. The first-order valence-electron chi connectivity index (χ1n) is 8.90. The zero-order valence-electron chi connectivity index (χ0n) is 14.8. The van der Waals surface area contributed by atoms with Gasteiger partial charge in [-0.1, -0.05) is 32.1 Å². The molecule has 1 unspecified atom stereocenters. The molecule has 3 rings (SSSR count). The van der Waals surface area contributed by atoms with Crippen molar-refractivity contribution in [2.45, 2.75) is 65.1 Å². The van der Waals surface area contributed by atoms with Crippen LogP contribution in [0, 0.1) is 17.3 Å². The third kappa shape index (κ3) is 2.26. The van der Waals surface area contributed by atoms with E-state index >= 15 is 0 Å². The zero-order valence-corrected chi connectivity index (χ0v) is 14.8. The molecule has 3 aliphatic rings. The highest BCUT2D eigenvalue weighted by Crippen LogP contribution is 2.62. The molecular weight excluding hydrogens is 292 g/mol. The normalized spacial score (nSPS) is 46.3. The lowest BCUT2D eigenvalue weighted by Crippen LogP contribution is -2.61. The molecule has 1 saturated heterocycles. The fraction of sp³-hybridized carbons (Fsp3) is 0.789. The first-order valence-corrected chi connectivity index (χ1v) is 8.90. The highest BCUT2D eigenvalue weighted by Gasteiger charge is 2.67. The number of hydrogen-bond acceptors (Lipinski definition) is 4. The van der Waals surface area contributed by atoms with Crippen molar-refractivity contribution in [1.29, 1.82) is 0 Å². The van der Waals surface area contributed by atoms with Crippen LogP contribution < -0.4 is 0 Å². The van der Waals surface area contributed by atoms with Gasteiger partial charge in [-0.15, -0.1) is 0 Å². The molecule has 2 aliphatic carbocycles. The molecule has 4 nitrogen and oxygen atoms in total. The molecule has 1 saturated carbocycles. The molecule has 130 valence electrons. The van der Waals surface area contributed by atoms with E-state index in [1.807, 2.05) is 13.8 Å². The van der Waals surface area contributed by atoms with E-state index in [1.165, 1.54) is 5.57 Å². The molecule has 2 fully saturated rings. The molecule has 0 bridgehead atoms. The van der Waals surface area contributed by atoms with Crippen LogP contribution in [0.5, 0.6) is 0 Å². The Bertz CT molecular complexity index is 513. The van der Waals surface area contributed by atoms with E-state index in [4.69, 9.17) is 14.2 Å². The van der Waals surface area contributed by atoms with Crippen molar-refractivity contribution in [2.75, 3.05) is 13.2 Å². The molecule has 6 atom stereocenters. The Morgan fingerprint density at radius 3 is 2.70 bits per heavy atom. The minimum atomic E-state index is -1.14. The van der Waals surface area contributed by atoms with Gasteiger partial charge in [0.15, 0.2) is 12.6 Å². The summed E-state index contributed by atoms with van der Waals surface area (Å²) in [5.41, 5.74) is 0.623. The molecule has 0 radical (unpaired) electrons. The second-order valence-electron chi connectivity index (χ2n) is 7.36. The fourth-order valence-corrected chi connectivity index (χ4v) is 4.78. The van der Waals surface area contributed by atoms with E-state index in [1.54, 1.807) is 0 Å². The first-order chi connectivity index (χ1) is 10.9. The monoisotopic (exact) mass is 322 g/mol. The van der Waals surface area contributed by atoms with E-state index in [0.717, 1.165) is 24.8 Å². The lowest BCUT2D eigenvalue weighted by Gasteiger charge is -2.56. The summed E-state index contributed by atoms with van der Waals surface area (Å²) >= 11 is 0. The van der Waals surface area contributed by atoms with E-state index in [2.05, 4.69) is 26.5 Å². The fourth-order valence-electron chi connectivity index (χ4n) is 4.78. The summed E-state index contributed by atoms with van der Waals surface area (Å²) in [6.07, 6.45) is 3.80. The molecule has 0 aromatic carbocycles. The predicted molar refractivity (Wildman–Crippen MR) is 88.7 cm³/mol. The van der Waals surface area contributed by atoms with Crippen molar-refractivity contribution >= 4 is 0 Å². The Morgan fingerprint density at radius 1 is 1.35 bits per heavy atom. The summed E-state index contributed by atoms with van der Waals surface area (Å²) in [6.45, 7) is 13.7. The SMILES string of the molecule is C=C1C2CC=C3[C@@H](OCC)O[C@H](OCC)[C@]3(O)[C@@]2(C)CC[C@@H]1C. The lowest BCUT2D eigenvalue weighted by atomic mass is 9.51. The van der Waals surface area contributed by atoms with Gasteiger partial charge in [-0.05, 0) is 44.9 Å². The Balaban J connectivity index is 2.05. The van der Waals surface area contributed by atoms with E-state index in [0.29, 0.717) is 19.1 Å². The van der Waals surface area contributed by atoms with Gasteiger partial charge in [-0.2, -0.15) is 0 Å². The van der Waals surface area contributed by atoms with Gasteiger partial charge in [0, 0.05) is 24.2 Å². The molecule has 0 spiro atoms. The quantitative estimate of drug-likeness (QED) is 0.806. The minimum absolute atomic E-state index is 0.256. The summed E-state index contributed by atoms with van der Waals surface area (Å²) in [4.78, 5) is 0. The van der Waals surface area contributed by atoms with Crippen molar-refractivity contribution < 1.29 is 19.3 Å². The molecule has 1 N–H and O–H groups in total. The maximum Gasteiger partial charge on any atom is 0.194 e. The second-order valence-corrected chi connectivity index (χ2v) is 7.36. The molecule has 4 heteroatoms. The van der Waals surface area contributed by atoms with Gasteiger partial charge in [0.25, 0.3) is 0 Å². The van der Waals surface area contributed by atoms with Crippen LogP contribution in [-0.4, -0.2) is 36.5 Å². The standard InChI is InChI=1S/C19H30O4/c1-6-21-16-15-9-8-14-13(4)12(3)10-11-18(14,5)19(15,20)17(23-16)22-7-2/h9,12,14,16-17,20H,4,6-8,10-11H2,1-3,5H3/t12-,14?,16-,17-,18-,19-/m0/s1. The van der Waals surface area contributed by atoms with Crippen molar-refractivity contribution in [3.8, 4) is 0 Å². The number of fused-ring (bicyclic) bond motifs is 3. The summed E-state index contributed by atoms with van der Waals surface area (Å²) in [5, 5.41) is 11.8. The Kier molecular flexibility index (Phi) is 4.47. The first kappa shape index (κ1) is 17.2. The van der Waals surface area contributed by atoms with Crippen LogP contribution in [0.1, 0.15) is 47.0 Å². The predicted octanol–water partition coefficient (Wildman–Crippen LogP) is 3.41. The number of rotatable bonds is 4. The van der Waals surface area contributed by atoms with Crippen molar-refractivity contribution in [3.63, 3.8) is 0 Å². The van der Waals surface area contributed by atoms with Gasteiger partial charge in [0.1, 0.15) is 5.60 Å². The van der Waals surface area contributed by atoms with Crippen LogP contribution in [-0.2, 0) is 14.2 Å². The second kappa shape index (κ2) is 5.99. The summed E-state index contributed by atoms with van der Waals surface area (Å²) in [5.74, 6) is 0.758. The Labute approximate surface area is 139 Å². The molecule has 0 amide bonds. The van der Waals surface area contributed by atoms with Crippen LogP contribution >= 0.6 is 0 Å². The summed E-state index contributed by atoms with van der Waals surface area (Å²) < 4.78 is 17.5. The van der Waals surface area contributed by atoms with Crippen LogP contribution in [0.4, 0.5) is 0 Å². The third-order valence-corrected chi connectivity index (χ3v) is 6.31. The molecule has 0 aromatic rings. The maximum atomic E-state index is 11.8. The number of ether oxygens (including phenoxy) is 3. The molecule has 0 aromatic heterocycles. The van der Waals surface area contributed by atoms with Crippen LogP contribution in [0.3, 0.4) is 0 Å². The van der Waals surface area contributed by atoms with Gasteiger partial charge in [-0.3, -0.25) is 0 Å². The van der Waals surface area contributed by atoms with Crippen LogP contribution in [0.15, 0.2) is 23.8 Å². The average Bonchev–Trinajstić information content (AvgIpc) is 2.79. The Hall–Kier alpha value is -0.680. The average molecular weight is 322 g/mol. The number of aliphatic hydroxyl groups is 1. The third-order valence-electron chi connectivity index (χ3n) is 6.31. The molecule has 1 aliphatic heterocycles. The summed E-state index contributed by atoms with van der Waals surface area (Å²) in [7, 11) is 0. The van der Waals surface area contributed by atoms with E-state index in [-0.39, 0.29) is 11.3 Å². The Morgan fingerprint density at radius 2 is 2.04 bits per heavy atom. The molecule has 1 heterocycles. The van der Waals surface area contributed by atoms with E-state index in [9.17, 15) is 5.11 Å². The topological polar surface area (TPSA) is 47.9 Å². The number of allylic oxidation sites excluding steroid dienone is 2. The lowest BCUT2D eigenvalue weighted by molar-refractivity contribution is -0.259. The van der Waals surface area contributed by atoms with Gasteiger partial charge in [-0.25, -0.2) is 0 Å². The van der Waals surface area contributed by atoms with Crippen LogP contribution in [0.25, 0.3) is 0 Å². The summed E-state index contributed by atoms with van der Waals surface area (Å²) in [6, 6.07) is 0. The largest absolute Gasteiger partial charge is 0.379 e. The van der Waals surface area contributed by atoms with Gasteiger partial charge < -0.3 is 19.3 Å². The highest BCUT2D eigenvalue weighted by atomic mass is 16.8. The molecular formula is C19H30O4. The van der Waals surface area contributed by atoms with Crippen molar-refractivity contribution in [2.24, 2.45) is 17.3 Å². The minimum Gasteiger partial charge on any atom is -0.379 e. The van der Waals surface area contributed by atoms with Crippen molar-refractivity contribution in [1.82, 2.24) is 0 Å². The number of hydrogen-bond donors (Lipinski definition) is 1. The van der Waals surface area contributed by atoms with Crippen LogP contribution in [0.2, 0.25) is 0 Å². The van der Waals surface area contributed by atoms with Crippen molar-refractivity contribution in [3.05, 3.63) is 23.8 Å². The van der Waals surface area contributed by atoms with E-state index < -0.39 is 18.2 Å². The van der Waals surface area contributed by atoms with Gasteiger partial charge >= 0.3 is 0 Å². The zero-order chi connectivity index (χ0) is 16.8. The highest BCUT2D eigenvalue weighted by molar-refractivity contribution is 5.37. The molecule has 23 heavy (non-hydrogen) atoms. The van der Waals surface area contributed by atoms with Gasteiger partial charge in [0.05, 0.1) is 0 Å². The van der Waals surface area contributed by atoms with Gasteiger partial charge in [0.2, 0.25) is 0 Å². The smallest absolute Gasteiger partial charge is 0.194 e.